The van der Waals surface area contributed by atoms with Gasteiger partial charge in [-0.25, -0.2) is 17.5 Å². The van der Waals surface area contributed by atoms with E-state index in [9.17, 15) is 17.6 Å². The molecule has 0 unspecified atom stereocenters. The van der Waals surface area contributed by atoms with Crippen LogP contribution < -0.4 is 4.72 Å². The monoisotopic (exact) mass is 385 g/mol. The number of fused-ring (bicyclic) bond motifs is 1. The molecule has 1 heterocycles. The van der Waals surface area contributed by atoms with Crippen LogP contribution >= 0.6 is 23.3 Å². The molecule has 0 bridgehead atoms. The van der Waals surface area contributed by atoms with E-state index in [-0.39, 0.29) is 21.0 Å². The zero-order valence-corrected chi connectivity index (χ0v) is 14.3. The molecule has 124 valence electrons. The highest BCUT2D eigenvalue weighted by Gasteiger charge is 2.23. The summed E-state index contributed by atoms with van der Waals surface area (Å²) in [6.45, 7) is 0. The maximum Gasteiger partial charge on any atom is 0.266 e. The number of carbonyl (C=O) groups excluding carboxylic acids is 1. The lowest BCUT2D eigenvalue weighted by Gasteiger charge is -2.09. The summed E-state index contributed by atoms with van der Waals surface area (Å²) in [5.41, 5.74) is 0.514. The van der Waals surface area contributed by atoms with Crippen molar-refractivity contribution in [3.8, 4) is 0 Å². The SMILES string of the molecule is O=C(Cc1c(F)cccc1Cl)NS(=O)(=O)c1cccc2nsnc12. The Morgan fingerprint density at radius 1 is 1.21 bits per heavy atom. The Kier molecular flexibility index (Phi) is 4.48. The first-order valence-corrected chi connectivity index (χ1v) is 9.17. The molecule has 3 aromatic rings. The predicted octanol–water partition coefficient (Wildman–Crippen LogP) is 2.53. The van der Waals surface area contributed by atoms with Gasteiger partial charge in [-0.2, -0.15) is 8.75 Å². The minimum atomic E-state index is -4.16. The van der Waals surface area contributed by atoms with Gasteiger partial charge in [0.1, 0.15) is 21.7 Å². The van der Waals surface area contributed by atoms with Crippen LogP contribution in [0.1, 0.15) is 5.56 Å². The standard InChI is InChI=1S/C14H9ClFN3O3S2/c15-9-3-1-4-10(16)8(9)7-13(20)19-24(21,22)12-6-2-5-11-14(12)18-23-17-11/h1-6H,7H2,(H,19,20). The maximum absolute atomic E-state index is 13.7. The van der Waals surface area contributed by atoms with Gasteiger partial charge in [-0.05, 0) is 24.3 Å². The van der Waals surface area contributed by atoms with Gasteiger partial charge >= 0.3 is 0 Å². The van der Waals surface area contributed by atoms with Crippen molar-refractivity contribution in [2.75, 3.05) is 0 Å². The van der Waals surface area contributed by atoms with Gasteiger partial charge in [-0.1, -0.05) is 23.7 Å². The number of rotatable bonds is 4. The number of nitrogens with one attached hydrogen (secondary N) is 1. The van der Waals surface area contributed by atoms with Crippen LogP contribution in [0.4, 0.5) is 4.39 Å². The number of sulfonamides is 1. The molecule has 1 amide bonds. The summed E-state index contributed by atoms with van der Waals surface area (Å²) in [6, 6.07) is 8.38. The fourth-order valence-electron chi connectivity index (χ4n) is 2.10. The third-order valence-electron chi connectivity index (χ3n) is 3.19. The minimum Gasteiger partial charge on any atom is -0.274 e. The molecule has 0 spiro atoms. The van der Waals surface area contributed by atoms with Crippen molar-refractivity contribution in [1.29, 1.82) is 0 Å². The quantitative estimate of drug-likeness (QED) is 0.745. The molecule has 0 radical (unpaired) electrons. The van der Waals surface area contributed by atoms with Gasteiger partial charge in [0, 0.05) is 10.6 Å². The predicted molar refractivity (Wildman–Crippen MR) is 87.9 cm³/mol. The number of halogens is 2. The molecule has 2 aromatic carbocycles. The van der Waals surface area contributed by atoms with E-state index in [1.165, 1.54) is 24.3 Å². The summed E-state index contributed by atoms with van der Waals surface area (Å²) in [5.74, 6) is -1.58. The van der Waals surface area contributed by atoms with Crippen LogP contribution in [0, 0.1) is 5.82 Å². The van der Waals surface area contributed by atoms with E-state index >= 15 is 0 Å². The number of nitrogens with zero attached hydrogens (tertiary/aromatic N) is 2. The van der Waals surface area contributed by atoms with Gasteiger partial charge in [-0.3, -0.25) is 4.79 Å². The second-order valence-electron chi connectivity index (χ2n) is 4.79. The molecule has 0 saturated heterocycles. The van der Waals surface area contributed by atoms with Crippen molar-refractivity contribution in [2.24, 2.45) is 0 Å². The smallest absolute Gasteiger partial charge is 0.266 e. The topological polar surface area (TPSA) is 89.0 Å². The summed E-state index contributed by atoms with van der Waals surface area (Å²) in [5, 5.41) is 0.0494. The normalized spacial score (nSPS) is 11.6. The van der Waals surface area contributed by atoms with Crippen LogP contribution in [-0.2, 0) is 21.2 Å². The van der Waals surface area contributed by atoms with E-state index < -0.39 is 28.2 Å². The lowest BCUT2D eigenvalue weighted by molar-refractivity contribution is -0.118. The third kappa shape index (κ3) is 3.23. The molecule has 10 heteroatoms. The van der Waals surface area contributed by atoms with Crippen LogP contribution in [0.3, 0.4) is 0 Å². The Bertz CT molecular complexity index is 1020. The molecule has 3 rings (SSSR count). The lowest BCUT2D eigenvalue weighted by Crippen LogP contribution is -2.32. The minimum absolute atomic E-state index is 0.0494. The summed E-state index contributed by atoms with van der Waals surface area (Å²) in [7, 11) is -4.16. The molecule has 0 atom stereocenters. The number of hydrogen-bond acceptors (Lipinski definition) is 6. The Balaban J connectivity index is 1.87. The van der Waals surface area contributed by atoms with E-state index in [4.69, 9.17) is 11.6 Å². The molecule has 0 aliphatic rings. The van der Waals surface area contributed by atoms with E-state index in [0.29, 0.717) is 5.52 Å². The average Bonchev–Trinajstić information content (AvgIpc) is 2.99. The molecule has 0 aliphatic carbocycles. The first kappa shape index (κ1) is 16.7. The maximum atomic E-state index is 13.7. The molecule has 24 heavy (non-hydrogen) atoms. The van der Waals surface area contributed by atoms with Gasteiger partial charge < -0.3 is 0 Å². The van der Waals surface area contributed by atoms with E-state index in [2.05, 4.69) is 8.75 Å². The number of amides is 1. The van der Waals surface area contributed by atoms with Crippen LogP contribution in [0.2, 0.25) is 5.02 Å². The van der Waals surface area contributed by atoms with Crippen molar-refractivity contribution in [1.82, 2.24) is 13.5 Å². The second-order valence-corrected chi connectivity index (χ2v) is 7.38. The van der Waals surface area contributed by atoms with Crippen LogP contribution in [0.25, 0.3) is 11.0 Å². The third-order valence-corrected chi connectivity index (χ3v) is 5.49. The fourth-order valence-corrected chi connectivity index (χ4v) is 4.08. The molecule has 6 nitrogen and oxygen atoms in total. The number of aromatic nitrogens is 2. The van der Waals surface area contributed by atoms with E-state index in [1.54, 1.807) is 6.07 Å². The number of hydrogen-bond donors (Lipinski definition) is 1. The Hall–Kier alpha value is -2.10. The molecular formula is C14H9ClFN3O3S2. The summed E-state index contributed by atoms with van der Waals surface area (Å²) in [4.78, 5) is 11.9. The number of carbonyl (C=O) groups is 1. The molecular weight excluding hydrogens is 377 g/mol. The molecule has 0 fully saturated rings. The van der Waals surface area contributed by atoms with Crippen molar-refractivity contribution in [3.05, 3.63) is 52.8 Å². The van der Waals surface area contributed by atoms with Gasteiger partial charge in [0.05, 0.1) is 18.1 Å². The molecule has 0 aliphatic heterocycles. The molecule has 1 N–H and O–H groups in total. The van der Waals surface area contributed by atoms with Crippen LogP contribution in [-0.4, -0.2) is 23.1 Å². The highest BCUT2D eigenvalue weighted by Crippen LogP contribution is 2.22. The number of benzene rings is 2. The first-order chi connectivity index (χ1) is 11.4. The Morgan fingerprint density at radius 3 is 2.71 bits per heavy atom. The summed E-state index contributed by atoms with van der Waals surface area (Å²) in [6.07, 6.45) is -0.504. The lowest BCUT2D eigenvalue weighted by atomic mass is 10.1. The summed E-state index contributed by atoms with van der Waals surface area (Å²) < 4.78 is 48.3. The second kappa shape index (κ2) is 6.42. The Labute approximate surface area is 145 Å². The van der Waals surface area contributed by atoms with Crippen molar-refractivity contribution < 1.29 is 17.6 Å². The highest BCUT2D eigenvalue weighted by atomic mass is 35.5. The van der Waals surface area contributed by atoms with Crippen LogP contribution in [0.5, 0.6) is 0 Å². The fraction of sp³-hybridized carbons (Fsp3) is 0.0714. The first-order valence-electron chi connectivity index (χ1n) is 6.58. The van der Waals surface area contributed by atoms with Crippen molar-refractivity contribution >= 4 is 50.3 Å². The van der Waals surface area contributed by atoms with Gasteiger partial charge in [0.25, 0.3) is 10.0 Å². The average molecular weight is 386 g/mol. The largest absolute Gasteiger partial charge is 0.274 e. The van der Waals surface area contributed by atoms with Gasteiger partial charge in [-0.15, -0.1) is 0 Å². The Morgan fingerprint density at radius 2 is 1.96 bits per heavy atom. The molecule has 1 aromatic heterocycles. The molecule has 0 saturated carbocycles. The van der Waals surface area contributed by atoms with Gasteiger partial charge in [0.2, 0.25) is 5.91 Å². The van der Waals surface area contributed by atoms with Gasteiger partial charge in [0.15, 0.2) is 0 Å². The van der Waals surface area contributed by atoms with Crippen LogP contribution in [0.15, 0.2) is 41.3 Å². The zero-order chi connectivity index (χ0) is 17.3. The summed E-state index contributed by atoms with van der Waals surface area (Å²) >= 11 is 6.70. The highest BCUT2D eigenvalue weighted by molar-refractivity contribution is 7.90. The van der Waals surface area contributed by atoms with E-state index in [1.807, 2.05) is 4.72 Å². The van der Waals surface area contributed by atoms with E-state index in [0.717, 1.165) is 17.8 Å². The van der Waals surface area contributed by atoms with Crippen molar-refractivity contribution in [2.45, 2.75) is 11.3 Å². The van der Waals surface area contributed by atoms with Crippen molar-refractivity contribution in [3.63, 3.8) is 0 Å². The zero-order valence-electron chi connectivity index (χ0n) is 11.9.